The first-order valence-corrected chi connectivity index (χ1v) is 11.9. The number of benzene rings is 1. The van der Waals surface area contributed by atoms with Crippen LogP contribution in [-0.4, -0.2) is 48.0 Å². The average molecular weight is 539 g/mol. The standard InChI is InChI=1S/C20H20N6OS2.C2HF3O2/c1-12-23-24-19(28-12)29-17-10-9-16-21-15(11-26(16)25-17)22-18(27)13-5-7-14(8-6-13)20(2,3)4;3-2(4,5)1(6)7/h5-11H,1-4H3,(H,22,27);(H,6,7). The number of aliphatic carboxylic acids is 1. The predicted octanol–water partition coefficient (Wildman–Crippen LogP) is 5.22. The SMILES string of the molecule is Cc1nnc(Sc2ccc3nc(NC(=O)c4ccc(C(C)(C)C)cc4)cn3n2)s1.O=C(O)C(F)(F)F. The lowest BCUT2D eigenvalue weighted by molar-refractivity contribution is -0.192. The third-order valence-corrected chi connectivity index (χ3v) is 6.31. The Labute approximate surface area is 211 Å². The van der Waals surface area contributed by atoms with Crippen LogP contribution in [0.1, 0.15) is 41.7 Å². The molecule has 0 atom stereocenters. The van der Waals surface area contributed by atoms with Crippen LogP contribution in [0.4, 0.5) is 19.0 Å². The first kappa shape index (κ1) is 27.1. The van der Waals surface area contributed by atoms with Gasteiger partial charge in [-0.25, -0.2) is 14.3 Å². The summed E-state index contributed by atoms with van der Waals surface area (Å²) in [6, 6.07) is 11.4. The second-order valence-electron chi connectivity index (χ2n) is 8.37. The highest BCUT2D eigenvalue weighted by Crippen LogP contribution is 2.28. The third-order valence-electron chi connectivity index (χ3n) is 4.49. The Kier molecular flexibility index (Phi) is 7.99. The summed E-state index contributed by atoms with van der Waals surface area (Å²) in [5.74, 6) is -2.50. The van der Waals surface area contributed by atoms with E-state index in [1.54, 1.807) is 10.7 Å². The number of nitrogens with zero attached hydrogens (tertiary/aromatic N) is 5. The lowest BCUT2D eigenvalue weighted by Gasteiger charge is -2.18. The van der Waals surface area contributed by atoms with E-state index >= 15 is 0 Å². The van der Waals surface area contributed by atoms with E-state index in [0.717, 1.165) is 14.4 Å². The Balaban J connectivity index is 0.000000454. The second-order valence-corrected chi connectivity index (χ2v) is 10.8. The number of anilines is 1. The molecule has 1 amide bonds. The van der Waals surface area contributed by atoms with Crippen LogP contribution in [0.2, 0.25) is 0 Å². The number of carboxylic acids is 1. The van der Waals surface area contributed by atoms with Gasteiger partial charge in [-0.1, -0.05) is 44.2 Å². The number of halogens is 3. The molecule has 190 valence electrons. The fourth-order valence-corrected chi connectivity index (χ4v) is 4.42. The molecule has 1 aromatic carbocycles. The largest absolute Gasteiger partial charge is 0.490 e. The molecule has 0 radical (unpaired) electrons. The number of alkyl halides is 3. The van der Waals surface area contributed by atoms with Gasteiger partial charge in [-0.05, 0) is 53.9 Å². The van der Waals surface area contributed by atoms with Crippen LogP contribution in [0.5, 0.6) is 0 Å². The number of nitrogens with one attached hydrogen (secondary N) is 1. The molecule has 3 aromatic heterocycles. The van der Waals surface area contributed by atoms with E-state index < -0.39 is 12.1 Å². The zero-order valence-corrected chi connectivity index (χ0v) is 21.1. The smallest absolute Gasteiger partial charge is 0.475 e. The molecule has 4 rings (SSSR count). The number of hydrogen-bond donors (Lipinski definition) is 2. The molecule has 0 spiro atoms. The summed E-state index contributed by atoms with van der Waals surface area (Å²) in [7, 11) is 0. The topological polar surface area (TPSA) is 122 Å². The number of carbonyl (C=O) groups excluding carboxylic acids is 1. The molecule has 0 saturated carbocycles. The van der Waals surface area contributed by atoms with Crippen molar-refractivity contribution in [3.05, 3.63) is 58.7 Å². The lowest BCUT2D eigenvalue weighted by Crippen LogP contribution is -2.21. The van der Waals surface area contributed by atoms with E-state index in [-0.39, 0.29) is 11.3 Å². The first-order chi connectivity index (χ1) is 16.7. The molecule has 4 aromatic rings. The molecule has 14 heteroatoms. The molecule has 0 saturated heterocycles. The highest BCUT2D eigenvalue weighted by molar-refractivity contribution is 8.01. The van der Waals surface area contributed by atoms with Gasteiger partial charge in [0.05, 0.1) is 6.20 Å². The van der Waals surface area contributed by atoms with Gasteiger partial charge in [0.2, 0.25) is 0 Å². The van der Waals surface area contributed by atoms with Gasteiger partial charge < -0.3 is 10.4 Å². The normalized spacial score (nSPS) is 11.6. The molecule has 36 heavy (non-hydrogen) atoms. The molecule has 9 nitrogen and oxygen atoms in total. The summed E-state index contributed by atoms with van der Waals surface area (Å²) in [5, 5.41) is 24.3. The van der Waals surface area contributed by atoms with Crippen molar-refractivity contribution in [2.24, 2.45) is 0 Å². The molecule has 0 aliphatic heterocycles. The monoisotopic (exact) mass is 538 g/mol. The van der Waals surface area contributed by atoms with Gasteiger partial charge in [0.15, 0.2) is 15.8 Å². The van der Waals surface area contributed by atoms with E-state index in [4.69, 9.17) is 9.90 Å². The van der Waals surface area contributed by atoms with Crippen molar-refractivity contribution in [3.63, 3.8) is 0 Å². The summed E-state index contributed by atoms with van der Waals surface area (Å²) in [5.41, 5.74) is 2.47. The maximum absolute atomic E-state index is 12.6. The molecule has 2 N–H and O–H groups in total. The van der Waals surface area contributed by atoms with Gasteiger partial charge in [0.1, 0.15) is 10.0 Å². The Morgan fingerprint density at radius 1 is 1.06 bits per heavy atom. The average Bonchev–Trinajstić information content (AvgIpc) is 3.37. The van der Waals surface area contributed by atoms with Crippen molar-refractivity contribution in [2.45, 2.75) is 48.7 Å². The van der Waals surface area contributed by atoms with Crippen LogP contribution in [0, 0.1) is 6.92 Å². The van der Waals surface area contributed by atoms with Crippen LogP contribution in [0.15, 0.2) is 52.0 Å². The summed E-state index contributed by atoms with van der Waals surface area (Å²) in [4.78, 5) is 25.9. The minimum absolute atomic E-state index is 0.0470. The van der Waals surface area contributed by atoms with E-state index in [9.17, 15) is 18.0 Å². The van der Waals surface area contributed by atoms with Crippen LogP contribution < -0.4 is 5.32 Å². The molecule has 0 unspecified atom stereocenters. The van der Waals surface area contributed by atoms with Gasteiger partial charge >= 0.3 is 12.1 Å². The number of amides is 1. The molecule has 0 fully saturated rings. The first-order valence-electron chi connectivity index (χ1n) is 10.3. The maximum Gasteiger partial charge on any atom is 0.490 e. The predicted molar refractivity (Wildman–Crippen MR) is 129 cm³/mol. The van der Waals surface area contributed by atoms with E-state index in [0.29, 0.717) is 17.0 Å². The van der Waals surface area contributed by atoms with E-state index in [1.807, 2.05) is 43.3 Å². The van der Waals surface area contributed by atoms with Gasteiger partial charge in [-0.3, -0.25) is 4.79 Å². The molecule has 3 heterocycles. The van der Waals surface area contributed by atoms with Crippen LogP contribution >= 0.6 is 23.1 Å². The zero-order valence-electron chi connectivity index (χ0n) is 19.5. The number of fused-ring (bicyclic) bond motifs is 1. The summed E-state index contributed by atoms with van der Waals surface area (Å²) in [6.45, 7) is 8.35. The van der Waals surface area contributed by atoms with Crippen molar-refractivity contribution in [2.75, 3.05) is 5.32 Å². The van der Waals surface area contributed by atoms with Crippen LogP contribution in [-0.2, 0) is 10.2 Å². The van der Waals surface area contributed by atoms with Gasteiger partial charge in [-0.15, -0.1) is 10.2 Å². The Morgan fingerprint density at radius 3 is 2.22 bits per heavy atom. The number of hydrogen-bond acceptors (Lipinski definition) is 8. The highest BCUT2D eigenvalue weighted by atomic mass is 32.2. The molecular formula is C22H21F3N6O3S2. The highest BCUT2D eigenvalue weighted by Gasteiger charge is 2.38. The number of aryl methyl sites for hydroxylation is 1. The lowest BCUT2D eigenvalue weighted by atomic mass is 9.87. The molecule has 0 bridgehead atoms. The van der Waals surface area contributed by atoms with Gasteiger partial charge in [0, 0.05) is 5.56 Å². The second kappa shape index (κ2) is 10.6. The van der Waals surface area contributed by atoms with Crippen molar-refractivity contribution >= 4 is 46.4 Å². The number of imidazole rings is 1. The minimum Gasteiger partial charge on any atom is -0.475 e. The van der Waals surface area contributed by atoms with Crippen LogP contribution in [0.3, 0.4) is 0 Å². The van der Waals surface area contributed by atoms with Crippen molar-refractivity contribution in [3.8, 4) is 0 Å². The third kappa shape index (κ3) is 7.24. The molecule has 0 aliphatic carbocycles. The van der Waals surface area contributed by atoms with Crippen LogP contribution in [0.25, 0.3) is 5.65 Å². The quantitative estimate of drug-likeness (QED) is 0.363. The maximum atomic E-state index is 12.6. The number of aromatic nitrogens is 5. The number of rotatable bonds is 4. The Bertz CT molecular complexity index is 1380. The van der Waals surface area contributed by atoms with Gasteiger partial charge in [0.25, 0.3) is 5.91 Å². The van der Waals surface area contributed by atoms with Gasteiger partial charge in [-0.2, -0.15) is 18.3 Å². The Hall–Kier alpha value is -3.52. The molecule has 0 aliphatic rings. The fraction of sp³-hybridized carbons (Fsp3) is 0.273. The fourth-order valence-electron chi connectivity index (χ4n) is 2.70. The number of carbonyl (C=O) groups is 2. The van der Waals surface area contributed by atoms with Crippen molar-refractivity contribution in [1.82, 2.24) is 24.8 Å². The Morgan fingerprint density at radius 2 is 1.69 bits per heavy atom. The summed E-state index contributed by atoms with van der Waals surface area (Å²) < 4.78 is 34.2. The molecular weight excluding hydrogens is 517 g/mol. The minimum atomic E-state index is -5.08. The van der Waals surface area contributed by atoms with E-state index in [2.05, 4.69) is 46.4 Å². The number of carboxylic acid groups (broad SMARTS) is 1. The summed E-state index contributed by atoms with van der Waals surface area (Å²) >= 11 is 2.96. The van der Waals surface area contributed by atoms with E-state index in [1.165, 1.54) is 28.7 Å². The van der Waals surface area contributed by atoms with Crippen molar-refractivity contribution in [1.29, 1.82) is 0 Å². The summed E-state index contributed by atoms with van der Waals surface area (Å²) in [6.07, 6.45) is -3.38. The zero-order chi connectivity index (χ0) is 26.7. The van der Waals surface area contributed by atoms with Crippen molar-refractivity contribution < 1.29 is 27.9 Å².